The minimum absolute atomic E-state index is 0.818. The van der Waals surface area contributed by atoms with Gasteiger partial charge in [-0.25, -0.2) is 14.3 Å². The fourth-order valence-electron chi connectivity index (χ4n) is 2.23. The van der Waals surface area contributed by atoms with E-state index in [9.17, 15) is 19.8 Å². The number of nitrogens with zero attached hydrogens (tertiary/aromatic N) is 4. The number of aromatic nitrogens is 2. The highest BCUT2D eigenvalue weighted by molar-refractivity contribution is 5.69. The molecule has 1 rings (SSSR count). The summed E-state index contributed by atoms with van der Waals surface area (Å²) in [5.74, 6) is 0. The maximum atomic E-state index is 11.8. The molecule has 0 unspecified atom stereocenters. The molecule has 0 spiro atoms. The first-order valence-electron chi connectivity index (χ1n) is 6.91. The van der Waals surface area contributed by atoms with Gasteiger partial charge in [0.2, 0.25) is 6.29 Å². The van der Waals surface area contributed by atoms with Crippen molar-refractivity contribution in [3.8, 4) is 0 Å². The lowest BCUT2D eigenvalue weighted by molar-refractivity contribution is -0.0720. The third kappa shape index (κ3) is 3.69. The van der Waals surface area contributed by atoms with Gasteiger partial charge in [-0.2, -0.15) is 5.10 Å². The van der Waals surface area contributed by atoms with Gasteiger partial charge in [-0.05, 0) is 47.6 Å². The van der Waals surface area contributed by atoms with Crippen LogP contribution in [0.25, 0.3) is 0 Å². The highest BCUT2D eigenvalue weighted by atomic mass is 16.4. The van der Waals surface area contributed by atoms with E-state index in [1.165, 1.54) is 10.9 Å². The van der Waals surface area contributed by atoms with Crippen molar-refractivity contribution in [1.82, 2.24) is 19.6 Å². The molecule has 0 radical (unpaired) electrons. The van der Waals surface area contributed by atoms with Crippen LogP contribution in [0.3, 0.4) is 0 Å². The first-order chi connectivity index (χ1) is 9.87. The molecule has 8 heteroatoms. The lowest BCUT2D eigenvalue weighted by atomic mass is 10.0. The molecule has 0 fully saturated rings. The van der Waals surface area contributed by atoms with Crippen LogP contribution in [0.4, 0.5) is 9.59 Å². The molecule has 22 heavy (non-hydrogen) atoms. The van der Waals surface area contributed by atoms with E-state index in [-0.39, 0.29) is 0 Å². The maximum Gasteiger partial charge on any atom is 0.410 e. The van der Waals surface area contributed by atoms with Crippen molar-refractivity contribution in [2.75, 3.05) is 0 Å². The van der Waals surface area contributed by atoms with Crippen molar-refractivity contribution in [3.05, 3.63) is 18.5 Å². The number of rotatable bonds is 3. The Bertz CT molecular complexity index is 496. The Morgan fingerprint density at radius 3 is 1.64 bits per heavy atom. The van der Waals surface area contributed by atoms with Gasteiger partial charge in [0.1, 0.15) is 0 Å². The van der Waals surface area contributed by atoms with Crippen LogP contribution in [0.15, 0.2) is 18.5 Å². The van der Waals surface area contributed by atoms with E-state index >= 15 is 0 Å². The lowest BCUT2D eigenvalue weighted by Gasteiger charge is -2.47. The van der Waals surface area contributed by atoms with Crippen LogP contribution >= 0.6 is 0 Å². The number of hydrogen-bond donors (Lipinski definition) is 2. The predicted molar refractivity (Wildman–Crippen MR) is 80.5 cm³/mol. The zero-order chi connectivity index (χ0) is 17.3. The summed E-state index contributed by atoms with van der Waals surface area (Å²) in [7, 11) is 0. The first kappa shape index (κ1) is 17.8. The number of carbonyl (C=O) groups is 2. The van der Waals surface area contributed by atoms with E-state index < -0.39 is 29.6 Å². The van der Waals surface area contributed by atoms with Gasteiger partial charge in [0.05, 0.1) is 0 Å². The van der Waals surface area contributed by atoms with Gasteiger partial charge >= 0.3 is 12.2 Å². The third-order valence-corrected chi connectivity index (χ3v) is 3.08. The van der Waals surface area contributed by atoms with Crippen LogP contribution in [-0.4, -0.2) is 53.1 Å². The summed E-state index contributed by atoms with van der Waals surface area (Å²) in [6, 6.07) is 1.62. The molecule has 1 aromatic rings. The Balaban J connectivity index is 3.54. The van der Waals surface area contributed by atoms with Gasteiger partial charge in [-0.15, -0.1) is 0 Å². The second-order valence-corrected chi connectivity index (χ2v) is 6.98. The van der Waals surface area contributed by atoms with Crippen LogP contribution < -0.4 is 0 Å². The minimum atomic E-state index is -1.22. The zero-order valence-corrected chi connectivity index (χ0v) is 13.8. The average molecular weight is 312 g/mol. The van der Waals surface area contributed by atoms with E-state index in [0.29, 0.717) is 0 Å². The fourth-order valence-corrected chi connectivity index (χ4v) is 2.23. The van der Waals surface area contributed by atoms with Crippen molar-refractivity contribution < 1.29 is 19.8 Å². The SMILES string of the molecule is CC(C)(C)N(C(=O)O)C(N(C(=O)O)C(C)(C)C)n1cccn1. The Morgan fingerprint density at radius 1 is 1.00 bits per heavy atom. The molecule has 0 aliphatic carbocycles. The topological polar surface area (TPSA) is 98.9 Å². The summed E-state index contributed by atoms with van der Waals surface area (Å²) in [6.07, 6.45) is -0.510. The van der Waals surface area contributed by atoms with Crippen LogP contribution in [0.2, 0.25) is 0 Å². The van der Waals surface area contributed by atoms with Crippen molar-refractivity contribution in [1.29, 1.82) is 0 Å². The van der Waals surface area contributed by atoms with Gasteiger partial charge in [0.15, 0.2) is 0 Å². The van der Waals surface area contributed by atoms with Crippen LogP contribution in [0, 0.1) is 0 Å². The molecule has 0 saturated carbocycles. The highest BCUT2D eigenvalue weighted by Gasteiger charge is 2.44. The van der Waals surface area contributed by atoms with Crippen LogP contribution in [0.5, 0.6) is 0 Å². The Hall–Kier alpha value is -2.25. The normalized spacial score (nSPS) is 12.3. The molecule has 1 aromatic heterocycles. The standard InChI is InChI=1S/C14H24N4O4/c1-13(2,3)17(11(19)20)10(16-9-7-8-15-16)18(12(21)22)14(4,5)6/h7-10H,1-6H3,(H,19,20)(H,21,22). The first-order valence-corrected chi connectivity index (χ1v) is 6.91. The molecule has 0 atom stereocenters. The molecular formula is C14H24N4O4. The maximum absolute atomic E-state index is 11.8. The predicted octanol–water partition coefficient (Wildman–Crippen LogP) is 2.90. The number of amides is 2. The van der Waals surface area contributed by atoms with Gasteiger partial charge < -0.3 is 10.2 Å². The summed E-state index contributed by atoms with van der Waals surface area (Å²) < 4.78 is 1.33. The Morgan fingerprint density at radius 2 is 1.41 bits per heavy atom. The van der Waals surface area contributed by atoms with Crippen LogP contribution in [0.1, 0.15) is 47.8 Å². The van der Waals surface area contributed by atoms with Gasteiger partial charge in [-0.1, -0.05) is 0 Å². The molecule has 2 N–H and O–H groups in total. The minimum Gasteiger partial charge on any atom is -0.465 e. The summed E-state index contributed by atoms with van der Waals surface area (Å²) in [5.41, 5.74) is -1.64. The number of carboxylic acid groups (broad SMARTS) is 2. The number of hydrogen-bond acceptors (Lipinski definition) is 3. The quantitative estimate of drug-likeness (QED) is 0.836. The Labute approximate surface area is 129 Å². The van der Waals surface area contributed by atoms with E-state index in [1.54, 1.807) is 53.8 Å². The second kappa shape index (κ2) is 5.86. The smallest absolute Gasteiger partial charge is 0.410 e. The van der Waals surface area contributed by atoms with E-state index in [2.05, 4.69) is 5.10 Å². The van der Waals surface area contributed by atoms with Crippen molar-refractivity contribution >= 4 is 12.2 Å². The molecule has 124 valence electrons. The molecule has 0 bridgehead atoms. The Kier molecular flexibility index (Phi) is 4.74. The largest absolute Gasteiger partial charge is 0.465 e. The molecule has 8 nitrogen and oxygen atoms in total. The van der Waals surface area contributed by atoms with Crippen LogP contribution in [-0.2, 0) is 0 Å². The molecule has 1 heterocycles. The zero-order valence-electron chi connectivity index (χ0n) is 13.8. The fraction of sp³-hybridized carbons (Fsp3) is 0.643. The van der Waals surface area contributed by atoms with Crippen molar-refractivity contribution in [3.63, 3.8) is 0 Å². The van der Waals surface area contributed by atoms with Crippen molar-refractivity contribution in [2.24, 2.45) is 0 Å². The summed E-state index contributed by atoms with van der Waals surface area (Å²) in [4.78, 5) is 25.8. The monoisotopic (exact) mass is 312 g/mol. The van der Waals surface area contributed by atoms with Gasteiger partial charge in [0.25, 0.3) is 0 Å². The van der Waals surface area contributed by atoms with Gasteiger partial charge in [-0.3, -0.25) is 9.80 Å². The third-order valence-electron chi connectivity index (χ3n) is 3.08. The highest BCUT2D eigenvalue weighted by Crippen LogP contribution is 2.31. The van der Waals surface area contributed by atoms with E-state index in [0.717, 1.165) is 9.80 Å². The summed E-state index contributed by atoms with van der Waals surface area (Å²) in [5, 5.41) is 23.3. The summed E-state index contributed by atoms with van der Waals surface area (Å²) in [6.45, 7) is 10.3. The lowest BCUT2D eigenvalue weighted by Crippen LogP contribution is -2.60. The summed E-state index contributed by atoms with van der Waals surface area (Å²) >= 11 is 0. The van der Waals surface area contributed by atoms with Gasteiger partial charge in [0, 0.05) is 23.5 Å². The van der Waals surface area contributed by atoms with Crippen molar-refractivity contribution in [2.45, 2.75) is 58.9 Å². The molecule has 0 aliphatic rings. The molecule has 0 saturated heterocycles. The second-order valence-electron chi connectivity index (χ2n) is 6.98. The molecule has 0 aliphatic heterocycles. The molecular weight excluding hydrogens is 288 g/mol. The van der Waals surface area contributed by atoms with E-state index in [1.807, 2.05) is 0 Å². The molecule has 2 amide bonds. The average Bonchev–Trinajstić information content (AvgIpc) is 2.75. The van der Waals surface area contributed by atoms with E-state index in [4.69, 9.17) is 0 Å². The molecule has 0 aromatic carbocycles.